The van der Waals surface area contributed by atoms with Crippen LogP contribution in [0.2, 0.25) is 0 Å². The largest absolute Gasteiger partial charge is 0.476 e. The number of hydrogen-bond donors (Lipinski definition) is 1. The molecule has 0 aromatic carbocycles. The van der Waals surface area contributed by atoms with E-state index >= 15 is 0 Å². The molecular weight excluding hydrogens is 171 g/mol. The molecular formula is C10H15FO2. The number of rotatable bonds is 2. The van der Waals surface area contributed by atoms with Gasteiger partial charge in [-0.2, -0.15) is 4.39 Å². The number of allylic oxidation sites excluding steroid dienone is 1. The molecule has 0 aliphatic heterocycles. The van der Waals surface area contributed by atoms with E-state index in [1.807, 2.05) is 0 Å². The van der Waals surface area contributed by atoms with Gasteiger partial charge < -0.3 is 5.11 Å². The van der Waals surface area contributed by atoms with Gasteiger partial charge in [-0.1, -0.05) is 19.8 Å². The summed E-state index contributed by atoms with van der Waals surface area (Å²) in [6.45, 7) is 2.12. The first-order chi connectivity index (χ1) is 6.09. The lowest BCUT2D eigenvalue weighted by Crippen LogP contribution is -2.12. The van der Waals surface area contributed by atoms with Gasteiger partial charge in [0.15, 0.2) is 0 Å². The van der Waals surface area contributed by atoms with E-state index < -0.39 is 11.8 Å². The topological polar surface area (TPSA) is 37.3 Å². The highest BCUT2D eigenvalue weighted by Crippen LogP contribution is 2.30. The fraction of sp³-hybridized carbons (Fsp3) is 0.700. The van der Waals surface area contributed by atoms with Crippen LogP contribution in [0.1, 0.15) is 32.6 Å². The second-order valence-corrected chi connectivity index (χ2v) is 3.85. The van der Waals surface area contributed by atoms with Crippen LogP contribution < -0.4 is 0 Å². The van der Waals surface area contributed by atoms with Gasteiger partial charge in [-0.3, -0.25) is 0 Å². The third-order valence-electron chi connectivity index (χ3n) is 2.56. The van der Waals surface area contributed by atoms with Crippen molar-refractivity contribution in [2.45, 2.75) is 32.6 Å². The van der Waals surface area contributed by atoms with E-state index in [1.54, 1.807) is 0 Å². The molecule has 2 atom stereocenters. The Labute approximate surface area is 77.4 Å². The lowest BCUT2D eigenvalue weighted by atomic mass is 9.82. The minimum absolute atomic E-state index is 0.125. The molecule has 0 bridgehead atoms. The van der Waals surface area contributed by atoms with Crippen molar-refractivity contribution in [3.8, 4) is 0 Å². The normalized spacial score (nSPS) is 30.2. The molecule has 1 saturated carbocycles. The summed E-state index contributed by atoms with van der Waals surface area (Å²) in [5.41, 5.74) is 0. The second kappa shape index (κ2) is 4.40. The summed E-state index contributed by atoms with van der Waals surface area (Å²) >= 11 is 0. The Kier molecular flexibility index (Phi) is 3.46. The molecule has 1 aliphatic carbocycles. The van der Waals surface area contributed by atoms with Crippen LogP contribution in [0.3, 0.4) is 0 Å². The van der Waals surface area contributed by atoms with Gasteiger partial charge >= 0.3 is 5.97 Å². The van der Waals surface area contributed by atoms with Crippen LogP contribution in [0, 0.1) is 11.8 Å². The van der Waals surface area contributed by atoms with Crippen LogP contribution in [-0.2, 0) is 4.79 Å². The SMILES string of the molecule is CC1CCCC(/C=C(/F)C(=O)O)C1. The summed E-state index contributed by atoms with van der Waals surface area (Å²) in [6.07, 6.45) is 5.36. The highest BCUT2D eigenvalue weighted by atomic mass is 19.1. The highest BCUT2D eigenvalue weighted by Gasteiger charge is 2.19. The van der Waals surface area contributed by atoms with Crippen molar-refractivity contribution in [3.63, 3.8) is 0 Å². The Hall–Kier alpha value is -0.860. The molecule has 0 spiro atoms. The predicted molar refractivity (Wildman–Crippen MR) is 47.9 cm³/mol. The third kappa shape index (κ3) is 3.17. The number of carboxylic acids is 1. The van der Waals surface area contributed by atoms with Gasteiger partial charge in [0.1, 0.15) is 0 Å². The number of aliphatic carboxylic acids is 1. The van der Waals surface area contributed by atoms with Crippen molar-refractivity contribution in [1.29, 1.82) is 0 Å². The summed E-state index contributed by atoms with van der Waals surface area (Å²) in [6, 6.07) is 0. The molecule has 1 aliphatic rings. The highest BCUT2D eigenvalue weighted by molar-refractivity contribution is 5.83. The second-order valence-electron chi connectivity index (χ2n) is 3.85. The van der Waals surface area contributed by atoms with Gasteiger partial charge in [-0.15, -0.1) is 0 Å². The Bertz CT molecular complexity index is 223. The van der Waals surface area contributed by atoms with Gasteiger partial charge in [-0.25, -0.2) is 4.79 Å². The minimum atomic E-state index is -1.45. The Morgan fingerprint density at radius 2 is 2.23 bits per heavy atom. The molecule has 3 heteroatoms. The van der Waals surface area contributed by atoms with Crippen LogP contribution in [-0.4, -0.2) is 11.1 Å². The smallest absolute Gasteiger partial charge is 0.364 e. The third-order valence-corrected chi connectivity index (χ3v) is 2.56. The molecule has 1 rings (SSSR count). The number of carboxylic acid groups (broad SMARTS) is 1. The van der Waals surface area contributed by atoms with Gasteiger partial charge in [0.25, 0.3) is 0 Å². The zero-order valence-corrected chi connectivity index (χ0v) is 7.79. The van der Waals surface area contributed by atoms with Crippen LogP contribution in [0.5, 0.6) is 0 Å². The van der Waals surface area contributed by atoms with E-state index in [0.29, 0.717) is 5.92 Å². The van der Waals surface area contributed by atoms with E-state index in [0.717, 1.165) is 19.3 Å². The van der Waals surface area contributed by atoms with E-state index in [-0.39, 0.29) is 5.92 Å². The summed E-state index contributed by atoms with van der Waals surface area (Å²) < 4.78 is 12.7. The lowest BCUT2D eigenvalue weighted by Gasteiger charge is -2.23. The van der Waals surface area contributed by atoms with Crippen molar-refractivity contribution in [2.24, 2.45) is 11.8 Å². The predicted octanol–water partition coefficient (Wildman–Crippen LogP) is 2.75. The van der Waals surface area contributed by atoms with Crippen LogP contribution in [0.4, 0.5) is 4.39 Å². The standard InChI is InChI=1S/C10H15FO2/c1-7-3-2-4-8(5-7)6-9(11)10(12)13/h6-8H,2-5H2,1H3,(H,12,13)/b9-6+. The summed E-state index contributed by atoms with van der Waals surface area (Å²) in [5.74, 6) is -1.73. The molecule has 13 heavy (non-hydrogen) atoms. The molecule has 1 N–H and O–H groups in total. The van der Waals surface area contributed by atoms with E-state index in [4.69, 9.17) is 5.11 Å². The van der Waals surface area contributed by atoms with E-state index in [9.17, 15) is 9.18 Å². The lowest BCUT2D eigenvalue weighted by molar-refractivity contribution is -0.134. The van der Waals surface area contributed by atoms with Crippen LogP contribution in [0.15, 0.2) is 11.9 Å². The molecule has 0 heterocycles. The van der Waals surface area contributed by atoms with Crippen molar-refractivity contribution >= 4 is 5.97 Å². The zero-order valence-electron chi connectivity index (χ0n) is 7.79. The fourth-order valence-corrected chi connectivity index (χ4v) is 1.91. The van der Waals surface area contributed by atoms with Gasteiger partial charge in [0.2, 0.25) is 5.83 Å². The van der Waals surface area contributed by atoms with Crippen molar-refractivity contribution in [3.05, 3.63) is 11.9 Å². The van der Waals surface area contributed by atoms with Crippen molar-refractivity contribution < 1.29 is 14.3 Å². The fourth-order valence-electron chi connectivity index (χ4n) is 1.91. The van der Waals surface area contributed by atoms with Crippen LogP contribution >= 0.6 is 0 Å². The maximum Gasteiger partial charge on any atom is 0.364 e. The Morgan fingerprint density at radius 1 is 1.54 bits per heavy atom. The van der Waals surface area contributed by atoms with E-state index in [1.165, 1.54) is 12.5 Å². The average molecular weight is 186 g/mol. The van der Waals surface area contributed by atoms with Gasteiger partial charge in [-0.05, 0) is 30.8 Å². The minimum Gasteiger partial charge on any atom is -0.476 e. The summed E-state index contributed by atoms with van der Waals surface area (Å²) in [7, 11) is 0. The zero-order chi connectivity index (χ0) is 9.84. The van der Waals surface area contributed by atoms with Crippen molar-refractivity contribution in [1.82, 2.24) is 0 Å². The first kappa shape index (κ1) is 10.2. The molecule has 0 amide bonds. The quantitative estimate of drug-likeness (QED) is 0.673. The summed E-state index contributed by atoms with van der Waals surface area (Å²) in [5, 5.41) is 8.34. The first-order valence-electron chi connectivity index (χ1n) is 4.70. The molecule has 2 unspecified atom stereocenters. The van der Waals surface area contributed by atoms with Crippen LogP contribution in [0.25, 0.3) is 0 Å². The van der Waals surface area contributed by atoms with Gasteiger partial charge in [0, 0.05) is 0 Å². The van der Waals surface area contributed by atoms with Crippen molar-refractivity contribution in [2.75, 3.05) is 0 Å². The maximum atomic E-state index is 12.7. The summed E-state index contributed by atoms with van der Waals surface area (Å²) in [4.78, 5) is 10.2. The first-order valence-corrected chi connectivity index (χ1v) is 4.70. The Balaban J connectivity index is 2.52. The molecule has 2 nitrogen and oxygen atoms in total. The molecule has 0 saturated heterocycles. The van der Waals surface area contributed by atoms with E-state index in [2.05, 4.69) is 6.92 Å². The molecule has 0 radical (unpaired) electrons. The number of carbonyl (C=O) groups is 1. The Morgan fingerprint density at radius 3 is 2.77 bits per heavy atom. The molecule has 74 valence electrons. The number of halogens is 1. The maximum absolute atomic E-state index is 12.7. The van der Waals surface area contributed by atoms with Gasteiger partial charge in [0.05, 0.1) is 0 Å². The molecule has 0 aromatic heterocycles. The number of hydrogen-bond acceptors (Lipinski definition) is 1. The monoisotopic (exact) mass is 186 g/mol. The average Bonchev–Trinajstić information content (AvgIpc) is 2.04. The molecule has 0 aromatic rings. The molecule has 1 fully saturated rings.